The van der Waals surface area contributed by atoms with E-state index in [1.807, 2.05) is 4.90 Å². The van der Waals surface area contributed by atoms with Crippen LogP contribution in [-0.4, -0.2) is 52.8 Å². The molecule has 1 aromatic carbocycles. The number of nitrogens with one attached hydrogen (secondary N) is 1. The highest BCUT2D eigenvalue weighted by Gasteiger charge is 2.29. The third kappa shape index (κ3) is 4.40. The number of benzene rings is 1. The fraction of sp³-hybridized carbons (Fsp3) is 0.522. The molecular weight excluding hydrogens is 385 g/mol. The molecule has 1 aromatic heterocycles. The number of hydrogen-bond acceptors (Lipinski definition) is 3. The zero-order valence-corrected chi connectivity index (χ0v) is 17.2. The first kappa shape index (κ1) is 20.6. The van der Waals surface area contributed by atoms with Crippen LogP contribution in [0.2, 0.25) is 0 Å². The molecule has 1 saturated heterocycles. The van der Waals surface area contributed by atoms with Crippen LogP contribution in [0.15, 0.2) is 29.1 Å². The Balaban J connectivity index is 1.31. The molecular formula is C23H28FN3O3. The minimum atomic E-state index is -0.544. The van der Waals surface area contributed by atoms with Gasteiger partial charge in [0, 0.05) is 44.2 Å². The highest BCUT2D eigenvalue weighted by molar-refractivity contribution is 5.83. The summed E-state index contributed by atoms with van der Waals surface area (Å²) in [7, 11) is 0. The van der Waals surface area contributed by atoms with Crippen molar-refractivity contribution in [3.05, 3.63) is 46.1 Å². The van der Waals surface area contributed by atoms with Crippen molar-refractivity contribution in [1.82, 2.24) is 14.8 Å². The standard InChI is InChI=1S/C23H28FN3O3/c24-19-8-4-7-17-15-18(25-22(29)21(17)19)9-10-20(28)26-11-13-27(14-12-26)23(30)16-5-2-1-3-6-16/h4,7-8,15-16H,1-3,5-6,9-14H2,(H,25,29). The van der Waals surface area contributed by atoms with E-state index in [1.54, 1.807) is 23.1 Å². The van der Waals surface area contributed by atoms with E-state index in [0.29, 0.717) is 43.7 Å². The van der Waals surface area contributed by atoms with Gasteiger partial charge in [0.1, 0.15) is 5.82 Å². The van der Waals surface area contributed by atoms with Crippen LogP contribution < -0.4 is 5.56 Å². The van der Waals surface area contributed by atoms with Crippen LogP contribution in [0.1, 0.15) is 44.2 Å². The molecule has 2 aliphatic rings. The average molecular weight is 413 g/mol. The lowest BCUT2D eigenvalue weighted by Gasteiger charge is -2.37. The number of aromatic amines is 1. The van der Waals surface area contributed by atoms with Gasteiger partial charge >= 0.3 is 0 Å². The summed E-state index contributed by atoms with van der Waals surface area (Å²) in [6.45, 7) is 2.29. The maximum absolute atomic E-state index is 13.8. The molecule has 0 unspecified atom stereocenters. The molecule has 30 heavy (non-hydrogen) atoms. The molecule has 2 aromatic rings. The Labute approximate surface area is 175 Å². The molecule has 7 heteroatoms. The summed E-state index contributed by atoms with van der Waals surface area (Å²) in [6.07, 6.45) is 6.15. The van der Waals surface area contributed by atoms with Gasteiger partial charge in [0.25, 0.3) is 5.56 Å². The van der Waals surface area contributed by atoms with Gasteiger partial charge in [0.05, 0.1) is 5.39 Å². The van der Waals surface area contributed by atoms with Gasteiger partial charge in [-0.3, -0.25) is 14.4 Å². The summed E-state index contributed by atoms with van der Waals surface area (Å²) in [4.78, 5) is 43.9. The van der Waals surface area contributed by atoms with Crippen molar-refractivity contribution in [1.29, 1.82) is 0 Å². The van der Waals surface area contributed by atoms with Gasteiger partial charge in [-0.2, -0.15) is 0 Å². The summed E-state index contributed by atoms with van der Waals surface area (Å²) >= 11 is 0. The van der Waals surface area contributed by atoms with Gasteiger partial charge in [0.15, 0.2) is 0 Å². The number of carbonyl (C=O) groups is 2. The topological polar surface area (TPSA) is 73.5 Å². The number of rotatable bonds is 4. The number of amides is 2. The number of carbonyl (C=O) groups excluding carboxylic acids is 2. The maximum atomic E-state index is 13.8. The van der Waals surface area contributed by atoms with Crippen LogP contribution in [0.5, 0.6) is 0 Å². The van der Waals surface area contributed by atoms with E-state index >= 15 is 0 Å². The Morgan fingerprint density at radius 1 is 1.03 bits per heavy atom. The van der Waals surface area contributed by atoms with Gasteiger partial charge in [-0.05, 0) is 36.8 Å². The summed E-state index contributed by atoms with van der Waals surface area (Å²) in [5, 5.41) is 0.586. The highest BCUT2D eigenvalue weighted by atomic mass is 19.1. The molecule has 0 atom stereocenters. The summed E-state index contributed by atoms with van der Waals surface area (Å²) in [5.74, 6) is -0.115. The van der Waals surface area contributed by atoms with Crippen molar-refractivity contribution >= 4 is 22.6 Å². The van der Waals surface area contributed by atoms with Gasteiger partial charge < -0.3 is 14.8 Å². The molecule has 1 aliphatic heterocycles. The molecule has 1 aliphatic carbocycles. The molecule has 6 nitrogen and oxygen atoms in total. The molecule has 0 bridgehead atoms. The first-order chi connectivity index (χ1) is 14.5. The zero-order chi connectivity index (χ0) is 21.1. The van der Waals surface area contributed by atoms with Gasteiger partial charge in [-0.25, -0.2) is 4.39 Å². The lowest BCUT2D eigenvalue weighted by Crippen LogP contribution is -2.52. The lowest BCUT2D eigenvalue weighted by atomic mass is 9.88. The third-order valence-electron chi connectivity index (χ3n) is 6.38. The van der Waals surface area contributed by atoms with E-state index in [-0.39, 0.29) is 29.5 Å². The second-order valence-corrected chi connectivity index (χ2v) is 8.37. The monoisotopic (exact) mass is 413 g/mol. The number of pyridine rings is 1. The Hall–Kier alpha value is -2.70. The number of H-pyrrole nitrogens is 1. The number of piperazine rings is 1. The fourth-order valence-electron chi connectivity index (χ4n) is 4.65. The normalized spacial score (nSPS) is 18.0. The van der Waals surface area contributed by atoms with Crippen LogP contribution in [0, 0.1) is 11.7 Å². The molecule has 0 spiro atoms. The number of aryl methyl sites for hydroxylation is 1. The van der Waals surface area contributed by atoms with Crippen molar-refractivity contribution < 1.29 is 14.0 Å². The van der Waals surface area contributed by atoms with Crippen molar-refractivity contribution in [3.8, 4) is 0 Å². The van der Waals surface area contributed by atoms with E-state index in [9.17, 15) is 18.8 Å². The smallest absolute Gasteiger partial charge is 0.258 e. The Morgan fingerprint density at radius 2 is 1.73 bits per heavy atom. The number of hydrogen-bond donors (Lipinski definition) is 1. The third-order valence-corrected chi connectivity index (χ3v) is 6.38. The number of nitrogens with zero attached hydrogens (tertiary/aromatic N) is 2. The Kier molecular flexibility index (Phi) is 6.16. The van der Waals surface area contributed by atoms with E-state index in [2.05, 4.69) is 4.98 Å². The number of halogens is 1. The van der Waals surface area contributed by atoms with Gasteiger partial charge in [0.2, 0.25) is 11.8 Å². The predicted octanol–water partition coefficient (Wildman–Crippen LogP) is 2.85. The minimum Gasteiger partial charge on any atom is -0.339 e. The second kappa shape index (κ2) is 8.98. The molecule has 1 saturated carbocycles. The Bertz CT molecular complexity index is 989. The predicted molar refractivity (Wildman–Crippen MR) is 113 cm³/mol. The summed E-state index contributed by atoms with van der Waals surface area (Å²) < 4.78 is 13.8. The van der Waals surface area contributed by atoms with Crippen LogP contribution in [0.25, 0.3) is 10.8 Å². The van der Waals surface area contributed by atoms with Crippen LogP contribution in [0.4, 0.5) is 4.39 Å². The van der Waals surface area contributed by atoms with Crippen LogP contribution >= 0.6 is 0 Å². The average Bonchev–Trinajstić information content (AvgIpc) is 2.77. The molecule has 4 rings (SSSR count). The van der Waals surface area contributed by atoms with E-state index in [1.165, 1.54) is 12.5 Å². The van der Waals surface area contributed by atoms with Gasteiger partial charge in [-0.1, -0.05) is 31.4 Å². The first-order valence-corrected chi connectivity index (χ1v) is 10.9. The van der Waals surface area contributed by atoms with Crippen LogP contribution in [0.3, 0.4) is 0 Å². The molecule has 2 amide bonds. The highest BCUT2D eigenvalue weighted by Crippen LogP contribution is 2.26. The molecule has 2 fully saturated rings. The first-order valence-electron chi connectivity index (χ1n) is 10.9. The van der Waals surface area contributed by atoms with Crippen molar-refractivity contribution in [2.24, 2.45) is 5.92 Å². The van der Waals surface area contributed by atoms with Crippen molar-refractivity contribution in [2.75, 3.05) is 26.2 Å². The summed E-state index contributed by atoms with van der Waals surface area (Å²) in [6, 6.07) is 6.26. The Morgan fingerprint density at radius 3 is 2.47 bits per heavy atom. The number of fused-ring (bicyclic) bond motifs is 1. The molecule has 1 N–H and O–H groups in total. The van der Waals surface area contributed by atoms with E-state index in [0.717, 1.165) is 25.7 Å². The molecule has 160 valence electrons. The van der Waals surface area contributed by atoms with E-state index < -0.39 is 11.4 Å². The largest absolute Gasteiger partial charge is 0.339 e. The SMILES string of the molecule is O=C(CCc1cc2cccc(F)c2c(=O)[nH]1)N1CCN(C(=O)C2CCCCC2)CC1. The van der Waals surface area contributed by atoms with Crippen molar-refractivity contribution in [3.63, 3.8) is 0 Å². The summed E-state index contributed by atoms with van der Waals surface area (Å²) in [5.41, 5.74) is 0.153. The zero-order valence-electron chi connectivity index (χ0n) is 17.2. The molecule has 0 radical (unpaired) electrons. The maximum Gasteiger partial charge on any atom is 0.258 e. The number of aromatic nitrogens is 1. The van der Waals surface area contributed by atoms with Crippen molar-refractivity contribution in [2.45, 2.75) is 44.9 Å². The van der Waals surface area contributed by atoms with Crippen LogP contribution in [-0.2, 0) is 16.0 Å². The fourth-order valence-corrected chi connectivity index (χ4v) is 4.65. The van der Waals surface area contributed by atoms with Gasteiger partial charge in [-0.15, -0.1) is 0 Å². The lowest BCUT2D eigenvalue weighted by molar-refractivity contribution is -0.142. The quantitative estimate of drug-likeness (QED) is 0.838. The second-order valence-electron chi connectivity index (χ2n) is 8.37. The minimum absolute atomic E-state index is 0.0138. The van der Waals surface area contributed by atoms with E-state index in [4.69, 9.17) is 0 Å². The molecule has 2 heterocycles.